The molecule has 0 spiro atoms. The lowest BCUT2D eigenvalue weighted by molar-refractivity contribution is 0.291. The minimum absolute atomic E-state index is 0.665. The van der Waals surface area contributed by atoms with Crippen LogP contribution < -0.4 is 5.32 Å². The van der Waals surface area contributed by atoms with Crippen LogP contribution in [0.3, 0.4) is 0 Å². The Morgan fingerprint density at radius 2 is 1.76 bits per heavy atom. The third-order valence-electron chi connectivity index (χ3n) is 3.05. The highest BCUT2D eigenvalue weighted by atomic mass is 32.2. The molecule has 0 aromatic carbocycles. The lowest BCUT2D eigenvalue weighted by atomic mass is 10.2. The minimum atomic E-state index is 0.665. The first-order valence-electron chi connectivity index (χ1n) is 7.17. The number of nitrogens with one attached hydrogen (secondary N) is 1. The summed E-state index contributed by atoms with van der Waals surface area (Å²) in [5.74, 6) is 1.23. The molecule has 0 heterocycles. The first kappa shape index (κ1) is 17.3. The predicted molar refractivity (Wildman–Crippen MR) is 82.1 cm³/mol. The summed E-state index contributed by atoms with van der Waals surface area (Å²) in [7, 11) is 0. The van der Waals surface area contributed by atoms with Gasteiger partial charge in [-0.3, -0.25) is 0 Å². The van der Waals surface area contributed by atoms with Gasteiger partial charge in [-0.05, 0) is 44.6 Å². The van der Waals surface area contributed by atoms with Crippen LogP contribution in [0.25, 0.3) is 0 Å². The van der Waals surface area contributed by atoms with E-state index in [0.29, 0.717) is 6.04 Å². The molecule has 0 aromatic heterocycles. The number of hydrogen-bond donors (Lipinski definition) is 1. The second-order valence-corrected chi connectivity index (χ2v) is 6.63. The van der Waals surface area contributed by atoms with Gasteiger partial charge in [0.2, 0.25) is 0 Å². The van der Waals surface area contributed by atoms with Crippen LogP contribution in [0.1, 0.15) is 47.5 Å². The maximum atomic E-state index is 3.61. The predicted octanol–water partition coefficient (Wildman–Crippen LogP) is 3.23. The molecular formula is C14H32N2S. The molecular weight excluding hydrogens is 228 g/mol. The van der Waals surface area contributed by atoms with E-state index >= 15 is 0 Å². The van der Waals surface area contributed by atoms with Crippen molar-refractivity contribution in [1.82, 2.24) is 10.2 Å². The maximum absolute atomic E-state index is 3.61. The van der Waals surface area contributed by atoms with Crippen molar-refractivity contribution in [2.45, 2.75) is 58.8 Å². The smallest absolute Gasteiger partial charge is 0.00607 e. The highest BCUT2D eigenvalue weighted by molar-refractivity contribution is 7.99. The largest absolute Gasteiger partial charge is 0.313 e. The molecule has 0 fully saturated rings. The Balaban J connectivity index is 3.36. The van der Waals surface area contributed by atoms with E-state index in [1.54, 1.807) is 0 Å². The average Bonchev–Trinajstić information content (AvgIpc) is 2.30. The van der Waals surface area contributed by atoms with Crippen LogP contribution in [-0.4, -0.2) is 48.1 Å². The quantitative estimate of drug-likeness (QED) is 0.574. The summed E-state index contributed by atoms with van der Waals surface area (Å²) < 4.78 is 0. The Kier molecular flexibility index (Phi) is 11.5. The summed E-state index contributed by atoms with van der Waals surface area (Å²) in [5, 5.41) is 4.37. The molecule has 0 amide bonds. The van der Waals surface area contributed by atoms with E-state index in [1.807, 2.05) is 11.8 Å². The van der Waals surface area contributed by atoms with Crippen molar-refractivity contribution < 1.29 is 0 Å². The zero-order chi connectivity index (χ0) is 13.1. The number of hydrogen-bond acceptors (Lipinski definition) is 3. The van der Waals surface area contributed by atoms with Crippen molar-refractivity contribution in [3.63, 3.8) is 0 Å². The fourth-order valence-corrected chi connectivity index (χ4v) is 2.57. The summed E-state index contributed by atoms with van der Waals surface area (Å²) in [5.41, 5.74) is 0. The Hall–Kier alpha value is 0.270. The van der Waals surface area contributed by atoms with E-state index in [-0.39, 0.29) is 0 Å². The van der Waals surface area contributed by atoms with E-state index in [4.69, 9.17) is 0 Å². The fraction of sp³-hybridized carbons (Fsp3) is 1.00. The highest BCUT2D eigenvalue weighted by Crippen LogP contribution is 2.07. The van der Waals surface area contributed by atoms with E-state index in [1.165, 1.54) is 38.2 Å². The van der Waals surface area contributed by atoms with Crippen LogP contribution in [0, 0.1) is 0 Å². The van der Waals surface area contributed by atoms with Gasteiger partial charge in [-0.15, -0.1) is 0 Å². The second-order valence-electron chi connectivity index (χ2n) is 4.94. The van der Waals surface area contributed by atoms with Gasteiger partial charge in [0, 0.05) is 18.3 Å². The normalized spacial score (nSPS) is 13.6. The average molecular weight is 260 g/mol. The Bertz CT molecular complexity index is 158. The molecule has 0 saturated carbocycles. The summed E-state index contributed by atoms with van der Waals surface area (Å²) >= 11 is 2.04. The fourth-order valence-electron chi connectivity index (χ4n) is 1.86. The summed E-state index contributed by atoms with van der Waals surface area (Å²) in [6.07, 6.45) is 2.61. The van der Waals surface area contributed by atoms with Crippen molar-refractivity contribution >= 4 is 11.8 Å². The SMILES string of the molecule is CCN(CC)CCCC(C)NCCSC(C)C. The lowest BCUT2D eigenvalue weighted by Crippen LogP contribution is -2.30. The van der Waals surface area contributed by atoms with Gasteiger partial charge in [0.1, 0.15) is 0 Å². The summed E-state index contributed by atoms with van der Waals surface area (Å²) in [6.45, 7) is 16.1. The number of rotatable bonds is 11. The molecule has 3 heteroatoms. The van der Waals surface area contributed by atoms with Gasteiger partial charge in [-0.2, -0.15) is 11.8 Å². The van der Waals surface area contributed by atoms with Crippen molar-refractivity contribution in [1.29, 1.82) is 0 Å². The Morgan fingerprint density at radius 3 is 2.29 bits per heavy atom. The van der Waals surface area contributed by atoms with Gasteiger partial charge >= 0.3 is 0 Å². The number of thioether (sulfide) groups is 1. The van der Waals surface area contributed by atoms with E-state index in [2.05, 4.69) is 44.8 Å². The van der Waals surface area contributed by atoms with Gasteiger partial charge < -0.3 is 10.2 Å². The highest BCUT2D eigenvalue weighted by Gasteiger charge is 2.03. The minimum Gasteiger partial charge on any atom is -0.313 e. The van der Waals surface area contributed by atoms with E-state index in [9.17, 15) is 0 Å². The standard InChI is InChI=1S/C14H32N2S/c1-6-16(7-2)11-8-9-14(5)15-10-12-17-13(3)4/h13-15H,6-12H2,1-5H3. The zero-order valence-electron chi connectivity index (χ0n) is 12.5. The van der Waals surface area contributed by atoms with Gasteiger partial charge in [-0.1, -0.05) is 27.7 Å². The van der Waals surface area contributed by atoms with Crippen LogP contribution in [-0.2, 0) is 0 Å². The molecule has 0 saturated heterocycles. The summed E-state index contributed by atoms with van der Waals surface area (Å²) in [6, 6.07) is 0.665. The number of nitrogens with zero attached hydrogens (tertiary/aromatic N) is 1. The van der Waals surface area contributed by atoms with Crippen LogP contribution in [0.15, 0.2) is 0 Å². The molecule has 1 N–H and O–H groups in total. The molecule has 0 aliphatic carbocycles. The molecule has 0 rings (SSSR count). The van der Waals surface area contributed by atoms with Crippen LogP contribution in [0.2, 0.25) is 0 Å². The molecule has 2 nitrogen and oxygen atoms in total. The second kappa shape index (κ2) is 11.4. The van der Waals surface area contributed by atoms with Gasteiger partial charge in [0.25, 0.3) is 0 Å². The summed E-state index contributed by atoms with van der Waals surface area (Å²) in [4.78, 5) is 2.50. The monoisotopic (exact) mass is 260 g/mol. The van der Waals surface area contributed by atoms with Crippen LogP contribution in [0.4, 0.5) is 0 Å². The van der Waals surface area contributed by atoms with Crippen molar-refractivity contribution in [3.05, 3.63) is 0 Å². The van der Waals surface area contributed by atoms with Gasteiger partial charge in [-0.25, -0.2) is 0 Å². The molecule has 0 aliphatic rings. The van der Waals surface area contributed by atoms with Crippen molar-refractivity contribution in [2.24, 2.45) is 0 Å². The van der Waals surface area contributed by atoms with Gasteiger partial charge in [0.15, 0.2) is 0 Å². The van der Waals surface area contributed by atoms with E-state index < -0.39 is 0 Å². The Morgan fingerprint density at radius 1 is 1.12 bits per heavy atom. The third-order valence-corrected chi connectivity index (χ3v) is 4.16. The molecule has 0 bridgehead atoms. The molecule has 0 aliphatic heterocycles. The first-order valence-corrected chi connectivity index (χ1v) is 8.22. The third kappa shape index (κ3) is 11.1. The topological polar surface area (TPSA) is 15.3 Å². The maximum Gasteiger partial charge on any atom is 0.00607 e. The first-order chi connectivity index (χ1) is 8.10. The van der Waals surface area contributed by atoms with Crippen molar-refractivity contribution in [3.8, 4) is 0 Å². The van der Waals surface area contributed by atoms with E-state index in [0.717, 1.165) is 11.8 Å². The molecule has 104 valence electrons. The molecule has 1 atom stereocenters. The lowest BCUT2D eigenvalue weighted by Gasteiger charge is -2.19. The Labute approximate surface area is 113 Å². The van der Waals surface area contributed by atoms with Crippen LogP contribution >= 0.6 is 11.8 Å². The molecule has 1 unspecified atom stereocenters. The molecule has 17 heavy (non-hydrogen) atoms. The van der Waals surface area contributed by atoms with Crippen LogP contribution in [0.5, 0.6) is 0 Å². The zero-order valence-corrected chi connectivity index (χ0v) is 13.3. The van der Waals surface area contributed by atoms with Gasteiger partial charge in [0.05, 0.1) is 0 Å². The molecule has 0 aromatic rings. The van der Waals surface area contributed by atoms with Crippen molar-refractivity contribution in [2.75, 3.05) is 31.9 Å². The molecule has 0 radical (unpaired) electrons.